The number of sulfonamides is 1. The zero-order chi connectivity index (χ0) is 26.0. The highest BCUT2D eigenvalue weighted by Gasteiger charge is 2.41. The van der Waals surface area contributed by atoms with Crippen LogP contribution in [0.15, 0.2) is 29.2 Å². The summed E-state index contributed by atoms with van der Waals surface area (Å²) in [6.45, 7) is 0. The van der Waals surface area contributed by atoms with Gasteiger partial charge in [-0.15, -0.1) is 0 Å². The number of H-pyrrole nitrogens is 1. The minimum absolute atomic E-state index is 0.0540. The van der Waals surface area contributed by atoms with E-state index in [0.29, 0.717) is 25.7 Å². The third-order valence-corrected chi connectivity index (χ3v) is 8.49. The second kappa shape index (κ2) is 8.61. The van der Waals surface area contributed by atoms with E-state index in [9.17, 15) is 35.2 Å². The second-order valence-electron chi connectivity index (χ2n) is 9.05. The van der Waals surface area contributed by atoms with E-state index in [4.69, 9.17) is 0 Å². The van der Waals surface area contributed by atoms with Crippen LogP contribution in [0.25, 0.3) is 22.3 Å². The Labute approximate surface area is 200 Å². The molecule has 3 aromatic heterocycles. The van der Waals surface area contributed by atoms with Crippen LogP contribution in [0.5, 0.6) is 0 Å². The number of aromatic amines is 1. The molecule has 0 aliphatic heterocycles. The van der Waals surface area contributed by atoms with Crippen LogP contribution in [-0.4, -0.2) is 34.6 Å². The standard InChI is InChI=1S/C22H20F6N4O3S/c23-15-8-13-14(18(20(24)25)31-36(34,35)11-4-5-11)9-32(10-2-1-3-10)21(13)30-17(15)12-6-7-16(33)29-19(12)22(26,27)28/h6-11,18,20,31H,1-5H2,(H,29,33). The fraction of sp³-hybridized carbons (Fsp3) is 0.455. The van der Waals surface area contributed by atoms with Crippen molar-refractivity contribution in [1.29, 1.82) is 0 Å². The first-order valence-corrected chi connectivity index (χ1v) is 12.7. The summed E-state index contributed by atoms with van der Waals surface area (Å²) in [5.41, 5.74) is -4.25. The van der Waals surface area contributed by atoms with Crippen LogP contribution in [0.2, 0.25) is 0 Å². The number of alkyl halides is 5. The van der Waals surface area contributed by atoms with E-state index in [1.165, 1.54) is 10.8 Å². The molecule has 0 spiro atoms. The van der Waals surface area contributed by atoms with Gasteiger partial charge in [-0.2, -0.15) is 13.2 Å². The minimum Gasteiger partial charge on any atom is -0.329 e. The van der Waals surface area contributed by atoms with E-state index in [2.05, 4.69) is 4.98 Å². The van der Waals surface area contributed by atoms with Crippen molar-refractivity contribution < 1.29 is 34.8 Å². The van der Waals surface area contributed by atoms with Crippen LogP contribution < -0.4 is 10.3 Å². The summed E-state index contributed by atoms with van der Waals surface area (Å²) in [5.74, 6) is -1.24. The molecule has 3 aromatic rings. The molecule has 1 atom stereocenters. The first-order chi connectivity index (χ1) is 16.9. The number of aromatic nitrogens is 3. The van der Waals surface area contributed by atoms with E-state index >= 15 is 4.39 Å². The molecular weight excluding hydrogens is 514 g/mol. The average Bonchev–Trinajstić information content (AvgIpc) is 3.55. The van der Waals surface area contributed by atoms with Crippen molar-refractivity contribution in [3.63, 3.8) is 0 Å². The number of nitrogens with one attached hydrogen (secondary N) is 2. The molecule has 2 fully saturated rings. The van der Waals surface area contributed by atoms with Gasteiger partial charge < -0.3 is 9.55 Å². The first kappa shape index (κ1) is 24.8. The van der Waals surface area contributed by atoms with Crippen molar-refractivity contribution in [2.24, 2.45) is 0 Å². The molecule has 2 aliphatic carbocycles. The van der Waals surface area contributed by atoms with Crippen molar-refractivity contribution in [3.8, 4) is 11.3 Å². The molecule has 0 saturated heterocycles. The molecule has 2 saturated carbocycles. The molecule has 2 aliphatic rings. The Morgan fingerprint density at radius 1 is 1.14 bits per heavy atom. The third kappa shape index (κ3) is 4.40. The maximum Gasteiger partial charge on any atom is 0.432 e. The number of rotatable bonds is 7. The number of hydrogen-bond acceptors (Lipinski definition) is 4. The molecule has 2 N–H and O–H groups in total. The van der Waals surface area contributed by atoms with Gasteiger partial charge in [-0.1, -0.05) is 0 Å². The zero-order valence-corrected chi connectivity index (χ0v) is 19.3. The molecule has 36 heavy (non-hydrogen) atoms. The second-order valence-corrected chi connectivity index (χ2v) is 11.0. The lowest BCUT2D eigenvalue weighted by Crippen LogP contribution is -2.35. The maximum atomic E-state index is 15.2. The van der Waals surface area contributed by atoms with Crippen LogP contribution in [0.1, 0.15) is 55.4 Å². The van der Waals surface area contributed by atoms with Gasteiger partial charge in [-0.3, -0.25) is 4.79 Å². The maximum absolute atomic E-state index is 15.2. The molecule has 0 radical (unpaired) electrons. The Kier molecular flexibility index (Phi) is 5.93. The Balaban J connectivity index is 1.71. The van der Waals surface area contributed by atoms with E-state index in [1.54, 1.807) is 4.98 Å². The number of hydrogen-bond donors (Lipinski definition) is 2. The summed E-state index contributed by atoms with van der Waals surface area (Å²) in [6.07, 6.45) is -4.16. The van der Waals surface area contributed by atoms with Crippen LogP contribution in [-0.2, 0) is 16.2 Å². The van der Waals surface area contributed by atoms with Crippen molar-refractivity contribution >= 4 is 21.1 Å². The highest BCUT2D eigenvalue weighted by atomic mass is 32.2. The molecule has 7 nitrogen and oxygen atoms in total. The fourth-order valence-electron chi connectivity index (χ4n) is 4.35. The van der Waals surface area contributed by atoms with Gasteiger partial charge in [-0.05, 0) is 44.2 Å². The quantitative estimate of drug-likeness (QED) is 0.431. The topological polar surface area (TPSA) is 96.8 Å². The largest absolute Gasteiger partial charge is 0.432 e. The highest BCUT2D eigenvalue weighted by molar-refractivity contribution is 7.90. The predicted octanol–water partition coefficient (Wildman–Crippen LogP) is 4.66. The first-order valence-electron chi connectivity index (χ1n) is 11.2. The molecule has 3 heterocycles. The lowest BCUT2D eigenvalue weighted by Gasteiger charge is -2.27. The zero-order valence-electron chi connectivity index (χ0n) is 18.4. The summed E-state index contributed by atoms with van der Waals surface area (Å²) < 4.78 is 113. The Morgan fingerprint density at radius 2 is 1.83 bits per heavy atom. The smallest absolute Gasteiger partial charge is 0.329 e. The molecule has 0 bridgehead atoms. The van der Waals surface area contributed by atoms with Gasteiger partial charge in [0, 0.05) is 34.8 Å². The number of nitrogens with zero attached hydrogens (tertiary/aromatic N) is 2. The minimum atomic E-state index is -5.03. The Hall–Kier alpha value is -2.87. The van der Waals surface area contributed by atoms with E-state index in [1.807, 2.05) is 4.72 Å². The van der Waals surface area contributed by atoms with Crippen molar-refractivity contribution in [1.82, 2.24) is 19.3 Å². The van der Waals surface area contributed by atoms with Gasteiger partial charge in [0.05, 0.1) is 5.25 Å². The molecule has 14 heteroatoms. The van der Waals surface area contributed by atoms with Crippen molar-refractivity contribution in [2.75, 3.05) is 0 Å². The van der Waals surface area contributed by atoms with Gasteiger partial charge in [0.25, 0.3) is 6.43 Å². The lowest BCUT2D eigenvalue weighted by atomic mass is 9.93. The summed E-state index contributed by atoms with van der Waals surface area (Å²) >= 11 is 0. The summed E-state index contributed by atoms with van der Waals surface area (Å²) in [5, 5.41) is -0.911. The number of halogens is 6. The predicted molar refractivity (Wildman–Crippen MR) is 117 cm³/mol. The Morgan fingerprint density at radius 3 is 2.39 bits per heavy atom. The lowest BCUT2D eigenvalue weighted by molar-refractivity contribution is -0.140. The van der Waals surface area contributed by atoms with Gasteiger partial charge >= 0.3 is 6.18 Å². The number of fused-ring (bicyclic) bond motifs is 1. The molecule has 194 valence electrons. The molecule has 0 amide bonds. The van der Waals surface area contributed by atoms with E-state index in [0.717, 1.165) is 24.6 Å². The molecule has 1 unspecified atom stereocenters. The van der Waals surface area contributed by atoms with E-state index in [-0.39, 0.29) is 22.6 Å². The fourth-order valence-corrected chi connectivity index (χ4v) is 5.88. The summed E-state index contributed by atoms with van der Waals surface area (Å²) in [6, 6.07) is 0.163. The van der Waals surface area contributed by atoms with Gasteiger partial charge in [0.2, 0.25) is 15.6 Å². The van der Waals surface area contributed by atoms with Crippen LogP contribution in [0.3, 0.4) is 0 Å². The normalized spacial score (nSPS) is 18.1. The van der Waals surface area contributed by atoms with Gasteiger partial charge in [0.15, 0.2) is 0 Å². The monoisotopic (exact) mass is 534 g/mol. The highest BCUT2D eigenvalue weighted by Crippen LogP contribution is 2.41. The van der Waals surface area contributed by atoms with Crippen LogP contribution in [0.4, 0.5) is 26.3 Å². The van der Waals surface area contributed by atoms with Crippen LogP contribution >= 0.6 is 0 Å². The molecule has 0 aromatic carbocycles. The third-order valence-electron chi connectivity index (χ3n) is 6.56. The average molecular weight is 534 g/mol. The number of pyridine rings is 2. The van der Waals surface area contributed by atoms with Crippen molar-refractivity contribution in [2.45, 2.75) is 62.0 Å². The van der Waals surface area contributed by atoms with Gasteiger partial charge in [-0.25, -0.2) is 31.3 Å². The summed E-state index contributed by atoms with van der Waals surface area (Å²) in [4.78, 5) is 17.3. The van der Waals surface area contributed by atoms with E-state index < -0.39 is 62.2 Å². The molecule has 5 rings (SSSR count). The SMILES string of the molecule is O=c1ccc(-c2nc3c(cc2F)c(C(NS(=O)(=O)C2CC2)C(F)F)cn3C2CCC2)c(C(F)(F)F)[nH]1. The van der Waals surface area contributed by atoms with Crippen molar-refractivity contribution in [3.05, 3.63) is 51.8 Å². The van der Waals surface area contributed by atoms with Gasteiger partial charge in [0.1, 0.15) is 28.9 Å². The molecular formula is C22H20F6N4O3S. The summed E-state index contributed by atoms with van der Waals surface area (Å²) in [7, 11) is -4.05. The van der Waals surface area contributed by atoms with Crippen LogP contribution in [0, 0.1) is 5.82 Å². The Bertz CT molecular complexity index is 1490.